The summed E-state index contributed by atoms with van der Waals surface area (Å²) in [6.07, 6.45) is 1.58. The van der Waals surface area contributed by atoms with Gasteiger partial charge in [0, 0.05) is 13.1 Å². The number of ether oxygens (including phenoxy) is 1. The second kappa shape index (κ2) is 7.85. The molecular weight excluding hydrogens is 290 g/mol. The molecule has 1 saturated heterocycles. The van der Waals surface area contributed by atoms with Gasteiger partial charge in [-0.2, -0.15) is 0 Å². The van der Waals surface area contributed by atoms with Gasteiger partial charge in [-0.25, -0.2) is 4.79 Å². The van der Waals surface area contributed by atoms with Crippen molar-refractivity contribution in [3.05, 3.63) is 40.8 Å². The molecule has 1 heterocycles. The van der Waals surface area contributed by atoms with Crippen LogP contribution >= 0.6 is 11.8 Å². The number of benzene rings is 1. The van der Waals surface area contributed by atoms with E-state index in [0.717, 1.165) is 17.3 Å². The molecule has 21 heavy (non-hydrogen) atoms. The lowest BCUT2D eigenvalue weighted by molar-refractivity contribution is -0.132. The summed E-state index contributed by atoms with van der Waals surface area (Å²) in [5, 5.41) is 9.22. The highest BCUT2D eigenvalue weighted by atomic mass is 32.2. The number of aliphatic carboxylic acids is 1. The van der Waals surface area contributed by atoms with Gasteiger partial charge in [-0.1, -0.05) is 30.3 Å². The number of carbonyl (C=O) groups is 2. The van der Waals surface area contributed by atoms with Gasteiger partial charge in [0.15, 0.2) is 0 Å². The van der Waals surface area contributed by atoms with Gasteiger partial charge in [0.2, 0.25) is 5.91 Å². The normalized spacial score (nSPS) is 15.8. The molecule has 1 aliphatic rings. The number of carboxylic acid groups (broad SMARTS) is 1. The molecule has 2 rings (SSSR count). The number of rotatable bonds is 5. The Kier molecular flexibility index (Phi) is 5.83. The Balaban J connectivity index is 1.95. The van der Waals surface area contributed by atoms with Crippen LogP contribution in [0.4, 0.5) is 0 Å². The predicted octanol–water partition coefficient (Wildman–Crippen LogP) is 1.70. The van der Waals surface area contributed by atoms with E-state index in [-0.39, 0.29) is 16.6 Å². The largest absolute Gasteiger partial charge is 0.477 e. The Hall–Kier alpha value is -1.79. The predicted molar refractivity (Wildman–Crippen MR) is 81.9 cm³/mol. The van der Waals surface area contributed by atoms with Gasteiger partial charge in [-0.15, -0.1) is 11.8 Å². The highest BCUT2D eigenvalue weighted by molar-refractivity contribution is 8.04. The fourth-order valence-electron chi connectivity index (χ4n) is 1.91. The lowest BCUT2D eigenvalue weighted by atomic mass is 10.2. The maximum absolute atomic E-state index is 12.0. The molecule has 0 radical (unpaired) electrons. The topological polar surface area (TPSA) is 66.8 Å². The Morgan fingerprint density at radius 3 is 2.52 bits per heavy atom. The number of morpholine rings is 1. The highest BCUT2D eigenvalue weighted by Crippen LogP contribution is 2.20. The minimum Gasteiger partial charge on any atom is -0.477 e. The molecule has 0 aliphatic carbocycles. The van der Waals surface area contributed by atoms with Crippen molar-refractivity contribution in [3.63, 3.8) is 0 Å². The minimum absolute atomic E-state index is 0.0523. The molecule has 0 aromatic heterocycles. The van der Waals surface area contributed by atoms with E-state index in [1.54, 1.807) is 11.0 Å². The van der Waals surface area contributed by atoms with Crippen LogP contribution in [-0.4, -0.2) is 53.9 Å². The van der Waals surface area contributed by atoms with E-state index >= 15 is 0 Å². The first-order valence-corrected chi connectivity index (χ1v) is 7.64. The molecule has 0 spiro atoms. The minimum atomic E-state index is -1.02. The van der Waals surface area contributed by atoms with Crippen molar-refractivity contribution in [1.29, 1.82) is 0 Å². The van der Waals surface area contributed by atoms with Crippen LogP contribution in [-0.2, 0) is 14.3 Å². The van der Waals surface area contributed by atoms with Gasteiger partial charge >= 0.3 is 5.97 Å². The molecule has 0 unspecified atom stereocenters. The van der Waals surface area contributed by atoms with Gasteiger partial charge in [0.1, 0.15) is 0 Å². The molecule has 5 nitrogen and oxygen atoms in total. The molecule has 1 N–H and O–H groups in total. The standard InChI is InChI=1S/C15H17NO4S/c17-14(16-6-8-20-9-7-16)11-21-13(15(18)19)10-12-4-2-1-3-5-12/h1-5,10H,6-9,11H2,(H,18,19)/b13-10+. The van der Waals surface area contributed by atoms with Crippen molar-refractivity contribution in [2.75, 3.05) is 32.1 Å². The van der Waals surface area contributed by atoms with E-state index in [2.05, 4.69) is 0 Å². The summed E-state index contributed by atoms with van der Waals surface area (Å²) >= 11 is 1.06. The monoisotopic (exact) mass is 307 g/mol. The first kappa shape index (κ1) is 15.6. The number of carboxylic acids is 1. The first-order chi connectivity index (χ1) is 10.2. The Morgan fingerprint density at radius 2 is 1.90 bits per heavy atom. The van der Waals surface area contributed by atoms with Crippen molar-refractivity contribution in [1.82, 2.24) is 4.90 Å². The molecule has 0 bridgehead atoms. The summed E-state index contributed by atoms with van der Waals surface area (Å²) in [6, 6.07) is 9.21. The van der Waals surface area contributed by atoms with Crippen LogP contribution in [0.2, 0.25) is 0 Å². The van der Waals surface area contributed by atoms with Gasteiger partial charge in [-0.3, -0.25) is 4.79 Å². The van der Waals surface area contributed by atoms with Crippen LogP contribution in [0.3, 0.4) is 0 Å². The quantitative estimate of drug-likeness (QED) is 0.839. The van der Waals surface area contributed by atoms with Crippen LogP contribution in [0.15, 0.2) is 35.2 Å². The summed E-state index contributed by atoms with van der Waals surface area (Å²) in [6.45, 7) is 2.23. The van der Waals surface area contributed by atoms with Crippen molar-refractivity contribution in [3.8, 4) is 0 Å². The molecule has 1 fully saturated rings. The van der Waals surface area contributed by atoms with Crippen molar-refractivity contribution >= 4 is 29.7 Å². The SMILES string of the molecule is O=C(O)/C(=C\c1ccccc1)SCC(=O)N1CCOCC1. The third-order valence-corrected chi connectivity index (χ3v) is 4.02. The van der Waals surface area contributed by atoms with Crippen LogP contribution < -0.4 is 0 Å². The third-order valence-electron chi connectivity index (χ3n) is 3.02. The lowest BCUT2D eigenvalue weighted by Crippen LogP contribution is -2.41. The van der Waals surface area contributed by atoms with Crippen molar-refractivity contribution in [2.45, 2.75) is 0 Å². The van der Waals surface area contributed by atoms with Gasteiger partial charge in [0.25, 0.3) is 0 Å². The van der Waals surface area contributed by atoms with Crippen molar-refractivity contribution < 1.29 is 19.4 Å². The second-order valence-electron chi connectivity index (χ2n) is 4.51. The molecule has 1 aliphatic heterocycles. The zero-order valence-corrected chi connectivity index (χ0v) is 12.3. The summed E-state index contributed by atoms with van der Waals surface area (Å²) < 4.78 is 5.19. The number of amides is 1. The van der Waals surface area contributed by atoms with Gasteiger partial charge < -0.3 is 14.7 Å². The summed E-state index contributed by atoms with van der Waals surface area (Å²) in [5.74, 6) is -0.938. The summed E-state index contributed by atoms with van der Waals surface area (Å²) in [5.41, 5.74) is 0.807. The van der Waals surface area contributed by atoms with Crippen LogP contribution in [0.1, 0.15) is 5.56 Å². The molecular formula is C15H17NO4S. The average molecular weight is 307 g/mol. The zero-order chi connectivity index (χ0) is 15.1. The molecule has 0 atom stereocenters. The Bertz CT molecular complexity index is 524. The zero-order valence-electron chi connectivity index (χ0n) is 11.5. The summed E-state index contributed by atoms with van der Waals surface area (Å²) in [4.78, 5) is 25.1. The fraction of sp³-hybridized carbons (Fsp3) is 0.333. The van der Waals surface area contributed by atoms with E-state index < -0.39 is 5.97 Å². The second-order valence-corrected chi connectivity index (χ2v) is 5.52. The highest BCUT2D eigenvalue weighted by Gasteiger charge is 2.18. The molecule has 1 amide bonds. The molecule has 6 heteroatoms. The van der Waals surface area contributed by atoms with E-state index in [0.29, 0.717) is 26.3 Å². The molecule has 1 aromatic carbocycles. The van der Waals surface area contributed by atoms with E-state index in [4.69, 9.17) is 4.74 Å². The lowest BCUT2D eigenvalue weighted by Gasteiger charge is -2.26. The van der Waals surface area contributed by atoms with E-state index in [9.17, 15) is 14.7 Å². The number of thioether (sulfide) groups is 1. The smallest absolute Gasteiger partial charge is 0.342 e. The van der Waals surface area contributed by atoms with Crippen molar-refractivity contribution in [2.24, 2.45) is 0 Å². The number of nitrogens with zero attached hydrogens (tertiary/aromatic N) is 1. The molecule has 1 aromatic rings. The number of hydrogen-bond donors (Lipinski definition) is 1. The van der Waals surface area contributed by atoms with E-state index in [1.165, 1.54) is 0 Å². The first-order valence-electron chi connectivity index (χ1n) is 6.65. The number of carbonyl (C=O) groups excluding carboxylic acids is 1. The van der Waals surface area contributed by atoms with Crippen LogP contribution in [0.25, 0.3) is 6.08 Å². The number of hydrogen-bond acceptors (Lipinski definition) is 4. The third kappa shape index (κ3) is 4.91. The molecule has 0 saturated carbocycles. The molecule has 112 valence electrons. The van der Waals surface area contributed by atoms with Crippen LogP contribution in [0, 0.1) is 0 Å². The van der Waals surface area contributed by atoms with Gasteiger partial charge in [-0.05, 0) is 11.6 Å². The van der Waals surface area contributed by atoms with E-state index in [1.807, 2.05) is 30.3 Å². The Morgan fingerprint density at radius 1 is 1.24 bits per heavy atom. The van der Waals surface area contributed by atoms with Crippen LogP contribution in [0.5, 0.6) is 0 Å². The average Bonchev–Trinajstić information content (AvgIpc) is 2.52. The fourth-order valence-corrected chi connectivity index (χ4v) is 2.71. The Labute approximate surface area is 127 Å². The van der Waals surface area contributed by atoms with Gasteiger partial charge in [0.05, 0.1) is 23.9 Å². The maximum Gasteiger partial charge on any atom is 0.342 e. The summed E-state index contributed by atoms with van der Waals surface area (Å²) in [7, 11) is 0. The maximum atomic E-state index is 12.0.